The number of carbonyl (C=O) groups excluding carboxylic acids is 1. The second-order valence-electron chi connectivity index (χ2n) is 6.78. The lowest BCUT2D eigenvalue weighted by atomic mass is 10.00. The molecule has 25 heavy (non-hydrogen) atoms. The molecule has 138 valence electrons. The van der Waals surface area contributed by atoms with Crippen molar-refractivity contribution in [3.63, 3.8) is 0 Å². The van der Waals surface area contributed by atoms with Crippen LogP contribution in [-0.2, 0) is 9.53 Å². The van der Waals surface area contributed by atoms with Gasteiger partial charge in [-0.3, -0.25) is 9.79 Å². The summed E-state index contributed by atoms with van der Waals surface area (Å²) in [5, 5.41) is 3.09. The Labute approximate surface area is 167 Å². The van der Waals surface area contributed by atoms with Gasteiger partial charge in [-0.1, -0.05) is 36.4 Å². The number of halogens is 1. The summed E-state index contributed by atoms with van der Waals surface area (Å²) >= 11 is 0. The van der Waals surface area contributed by atoms with Crippen molar-refractivity contribution in [1.82, 2.24) is 10.2 Å². The van der Waals surface area contributed by atoms with Crippen molar-refractivity contribution in [2.24, 2.45) is 4.99 Å². The average Bonchev–Trinajstić information content (AvgIpc) is 2.55. The number of aliphatic imine (C=N–C) groups is 1. The smallest absolute Gasteiger partial charge is 0.325 e. The summed E-state index contributed by atoms with van der Waals surface area (Å²) in [6.45, 7) is 7.35. The summed E-state index contributed by atoms with van der Waals surface area (Å²) in [5.41, 5.74) is 2.16. The second kappa shape index (κ2) is 9.79. The van der Waals surface area contributed by atoms with Gasteiger partial charge in [0.2, 0.25) is 0 Å². The van der Waals surface area contributed by atoms with Crippen LogP contribution >= 0.6 is 24.0 Å². The predicted octanol–water partition coefficient (Wildman–Crippen LogP) is 3.31. The fourth-order valence-corrected chi connectivity index (χ4v) is 2.64. The van der Waals surface area contributed by atoms with E-state index in [0.717, 1.165) is 25.5 Å². The highest BCUT2D eigenvalue weighted by molar-refractivity contribution is 14.0. The second-order valence-corrected chi connectivity index (χ2v) is 6.78. The Morgan fingerprint density at radius 3 is 2.48 bits per heavy atom. The van der Waals surface area contributed by atoms with Crippen molar-refractivity contribution in [1.29, 1.82) is 0 Å². The maximum atomic E-state index is 11.8. The molecule has 1 aliphatic heterocycles. The number of benzene rings is 1. The molecule has 0 aromatic heterocycles. The van der Waals surface area contributed by atoms with Crippen LogP contribution < -0.4 is 5.32 Å². The van der Waals surface area contributed by atoms with Gasteiger partial charge in [-0.25, -0.2) is 0 Å². The first kappa shape index (κ1) is 21.5. The maximum Gasteiger partial charge on any atom is 0.325 e. The van der Waals surface area contributed by atoms with Crippen molar-refractivity contribution in [3.05, 3.63) is 42.0 Å². The third kappa shape index (κ3) is 7.05. The van der Waals surface area contributed by atoms with Crippen molar-refractivity contribution >= 4 is 41.5 Å². The van der Waals surface area contributed by atoms with E-state index in [4.69, 9.17) is 4.74 Å². The van der Waals surface area contributed by atoms with E-state index in [1.807, 2.05) is 26.8 Å². The Morgan fingerprint density at radius 2 is 1.96 bits per heavy atom. The van der Waals surface area contributed by atoms with E-state index in [-0.39, 0.29) is 36.5 Å². The minimum absolute atomic E-state index is 0. The van der Waals surface area contributed by atoms with Gasteiger partial charge in [0.05, 0.1) is 0 Å². The molecule has 0 radical (unpaired) electrons. The van der Waals surface area contributed by atoms with Gasteiger partial charge in [0, 0.05) is 20.1 Å². The van der Waals surface area contributed by atoms with Crippen molar-refractivity contribution in [2.75, 3.05) is 26.7 Å². The highest BCUT2D eigenvalue weighted by Crippen LogP contribution is 2.21. The Bertz CT molecular complexity index is 621. The summed E-state index contributed by atoms with van der Waals surface area (Å²) in [5.74, 6) is 0.449. The molecule has 1 N–H and O–H groups in total. The van der Waals surface area contributed by atoms with E-state index in [1.54, 1.807) is 7.05 Å². The molecule has 0 saturated heterocycles. The fraction of sp³-hybridized carbons (Fsp3) is 0.474. The topological polar surface area (TPSA) is 53.9 Å². The van der Waals surface area contributed by atoms with Gasteiger partial charge < -0.3 is 15.0 Å². The van der Waals surface area contributed by atoms with Crippen LogP contribution in [0.3, 0.4) is 0 Å². The highest BCUT2D eigenvalue weighted by Gasteiger charge is 2.19. The number of rotatable bonds is 3. The number of nitrogens with one attached hydrogen (secondary N) is 1. The first-order valence-corrected chi connectivity index (χ1v) is 8.31. The van der Waals surface area contributed by atoms with Crippen LogP contribution in [-0.4, -0.2) is 49.1 Å². The highest BCUT2D eigenvalue weighted by atomic mass is 127. The minimum atomic E-state index is -0.471. The number of carbonyl (C=O) groups is 1. The number of nitrogens with zero attached hydrogens (tertiary/aromatic N) is 2. The molecule has 0 atom stereocenters. The first-order chi connectivity index (χ1) is 11.4. The molecule has 0 saturated carbocycles. The summed E-state index contributed by atoms with van der Waals surface area (Å²) in [6, 6.07) is 10.4. The zero-order chi connectivity index (χ0) is 17.6. The van der Waals surface area contributed by atoms with Crippen LogP contribution in [0.25, 0.3) is 5.57 Å². The van der Waals surface area contributed by atoms with Gasteiger partial charge in [0.1, 0.15) is 12.1 Å². The standard InChI is InChI=1S/C19H27N3O2.HI/c1-19(2,3)24-17(23)14-21-18(20-4)22-12-10-16(11-13-22)15-8-6-5-7-9-15;/h5-10H,11-14H2,1-4H3,(H,20,21);1H. The number of esters is 1. The maximum absolute atomic E-state index is 11.8. The Balaban J connectivity index is 0.00000312. The number of hydrogen-bond acceptors (Lipinski definition) is 3. The Kier molecular flexibility index (Phi) is 8.41. The number of ether oxygens (including phenoxy) is 1. The largest absolute Gasteiger partial charge is 0.459 e. The van der Waals surface area contributed by atoms with Gasteiger partial charge in [-0.05, 0) is 38.3 Å². The van der Waals surface area contributed by atoms with Gasteiger partial charge in [-0.2, -0.15) is 0 Å². The van der Waals surface area contributed by atoms with Crippen molar-refractivity contribution < 1.29 is 9.53 Å². The van der Waals surface area contributed by atoms with Crippen LogP contribution in [0.15, 0.2) is 41.4 Å². The lowest BCUT2D eigenvalue weighted by Gasteiger charge is -2.30. The van der Waals surface area contributed by atoms with Gasteiger partial charge in [0.25, 0.3) is 0 Å². The Hall–Kier alpha value is -1.57. The summed E-state index contributed by atoms with van der Waals surface area (Å²) in [6.07, 6.45) is 3.18. The summed E-state index contributed by atoms with van der Waals surface area (Å²) in [7, 11) is 1.73. The van der Waals surface area contributed by atoms with E-state index >= 15 is 0 Å². The van der Waals surface area contributed by atoms with Crippen LogP contribution in [0.4, 0.5) is 0 Å². The molecule has 0 bridgehead atoms. The van der Waals surface area contributed by atoms with Crippen LogP contribution in [0.5, 0.6) is 0 Å². The lowest BCUT2D eigenvalue weighted by Crippen LogP contribution is -2.45. The lowest BCUT2D eigenvalue weighted by molar-refractivity contribution is -0.153. The average molecular weight is 457 g/mol. The molecular weight excluding hydrogens is 429 g/mol. The zero-order valence-corrected chi connectivity index (χ0v) is 17.7. The molecule has 0 fully saturated rings. The fourth-order valence-electron chi connectivity index (χ4n) is 2.64. The molecule has 6 heteroatoms. The van der Waals surface area contributed by atoms with Crippen LogP contribution in [0.2, 0.25) is 0 Å². The van der Waals surface area contributed by atoms with Crippen molar-refractivity contribution in [2.45, 2.75) is 32.8 Å². The number of hydrogen-bond donors (Lipinski definition) is 1. The van der Waals surface area contributed by atoms with E-state index < -0.39 is 5.60 Å². The number of guanidine groups is 1. The molecule has 0 amide bonds. The van der Waals surface area contributed by atoms with E-state index in [1.165, 1.54) is 11.1 Å². The molecule has 1 aliphatic rings. The van der Waals surface area contributed by atoms with Crippen LogP contribution in [0, 0.1) is 0 Å². The molecule has 1 aromatic carbocycles. The quantitative estimate of drug-likeness (QED) is 0.328. The third-order valence-corrected chi connectivity index (χ3v) is 3.68. The summed E-state index contributed by atoms with van der Waals surface area (Å²) in [4.78, 5) is 18.2. The zero-order valence-electron chi connectivity index (χ0n) is 15.4. The Morgan fingerprint density at radius 1 is 1.28 bits per heavy atom. The molecule has 0 aliphatic carbocycles. The first-order valence-electron chi connectivity index (χ1n) is 8.31. The summed E-state index contributed by atoms with van der Waals surface area (Å²) < 4.78 is 5.31. The van der Waals surface area contributed by atoms with Gasteiger partial charge >= 0.3 is 5.97 Å². The predicted molar refractivity (Wildman–Crippen MR) is 113 cm³/mol. The minimum Gasteiger partial charge on any atom is -0.459 e. The third-order valence-electron chi connectivity index (χ3n) is 3.68. The molecule has 1 heterocycles. The van der Waals surface area contributed by atoms with E-state index in [2.05, 4.69) is 45.6 Å². The van der Waals surface area contributed by atoms with Gasteiger partial charge in [-0.15, -0.1) is 24.0 Å². The molecule has 1 aromatic rings. The molecule has 2 rings (SSSR count). The van der Waals surface area contributed by atoms with Gasteiger partial charge in [0.15, 0.2) is 5.96 Å². The molecule has 5 nitrogen and oxygen atoms in total. The van der Waals surface area contributed by atoms with Crippen LogP contribution in [0.1, 0.15) is 32.8 Å². The monoisotopic (exact) mass is 457 g/mol. The normalized spacial score (nSPS) is 15.1. The molecule has 0 spiro atoms. The van der Waals surface area contributed by atoms with Crippen molar-refractivity contribution in [3.8, 4) is 0 Å². The SMILES string of the molecule is CN=C(NCC(=O)OC(C)(C)C)N1CC=C(c2ccccc2)CC1.I. The molecule has 0 unspecified atom stereocenters. The molecular formula is C19H28IN3O2. The van der Waals surface area contributed by atoms with E-state index in [0.29, 0.717) is 0 Å². The van der Waals surface area contributed by atoms with E-state index in [9.17, 15) is 4.79 Å².